The second kappa shape index (κ2) is 7.11. The number of piperidine rings is 1. The molecule has 0 aliphatic carbocycles. The van der Waals surface area contributed by atoms with E-state index in [1.165, 1.54) is 7.11 Å². The maximum atomic E-state index is 12.1. The second-order valence-corrected chi connectivity index (χ2v) is 5.43. The van der Waals surface area contributed by atoms with Gasteiger partial charge in [0, 0.05) is 25.2 Å². The van der Waals surface area contributed by atoms with Crippen LogP contribution in [0.2, 0.25) is 0 Å². The molecule has 0 spiro atoms. The highest BCUT2D eigenvalue weighted by molar-refractivity contribution is 5.95. The van der Waals surface area contributed by atoms with Gasteiger partial charge in [0.1, 0.15) is 0 Å². The molecule has 0 bridgehead atoms. The minimum atomic E-state index is -0.266. The van der Waals surface area contributed by atoms with Crippen LogP contribution in [0.5, 0.6) is 0 Å². The summed E-state index contributed by atoms with van der Waals surface area (Å²) in [6.07, 6.45) is 1.52. The number of benzene rings is 1. The molecule has 0 saturated carbocycles. The van der Waals surface area contributed by atoms with Crippen molar-refractivity contribution in [2.45, 2.75) is 19.8 Å². The predicted molar refractivity (Wildman–Crippen MR) is 80.2 cm³/mol. The molecule has 114 valence electrons. The summed E-state index contributed by atoms with van der Waals surface area (Å²) in [5, 5.41) is 2.99. The molecule has 0 unspecified atom stereocenters. The van der Waals surface area contributed by atoms with E-state index in [1.54, 1.807) is 4.90 Å². The molecule has 5 nitrogen and oxygen atoms in total. The van der Waals surface area contributed by atoms with Crippen LogP contribution in [0.25, 0.3) is 0 Å². The van der Waals surface area contributed by atoms with E-state index in [4.69, 9.17) is 4.74 Å². The summed E-state index contributed by atoms with van der Waals surface area (Å²) >= 11 is 0. The maximum absolute atomic E-state index is 12.1. The van der Waals surface area contributed by atoms with Crippen molar-refractivity contribution in [2.75, 3.05) is 26.7 Å². The standard InChI is InChI=1S/C16H22N2O3/c1-12-5-3-4-6-14(12)15(19)17-11-13-7-9-18(10-8-13)16(20)21-2/h3-6,13H,7-11H2,1-2H3,(H,17,19). The summed E-state index contributed by atoms with van der Waals surface area (Å²) in [6, 6.07) is 7.57. The van der Waals surface area contributed by atoms with Crippen LogP contribution in [-0.2, 0) is 4.74 Å². The van der Waals surface area contributed by atoms with Gasteiger partial charge in [-0.25, -0.2) is 4.79 Å². The van der Waals surface area contributed by atoms with Crippen molar-refractivity contribution in [3.8, 4) is 0 Å². The van der Waals surface area contributed by atoms with Gasteiger partial charge in [-0.15, -0.1) is 0 Å². The minimum Gasteiger partial charge on any atom is -0.453 e. The van der Waals surface area contributed by atoms with E-state index >= 15 is 0 Å². The van der Waals surface area contributed by atoms with Gasteiger partial charge in [0.15, 0.2) is 0 Å². The van der Waals surface area contributed by atoms with Crippen molar-refractivity contribution in [3.05, 3.63) is 35.4 Å². The fourth-order valence-corrected chi connectivity index (χ4v) is 2.61. The Morgan fingerprint density at radius 1 is 1.29 bits per heavy atom. The van der Waals surface area contributed by atoms with Crippen LogP contribution < -0.4 is 5.32 Å². The Kier molecular flexibility index (Phi) is 5.20. The van der Waals surface area contributed by atoms with E-state index < -0.39 is 0 Å². The SMILES string of the molecule is COC(=O)N1CCC(CNC(=O)c2ccccc2C)CC1. The van der Waals surface area contributed by atoms with Gasteiger partial charge in [0.25, 0.3) is 5.91 Å². The number of likely N-dealkylation sites (tertiary alicyclic amines) is 1. The topological polar surface area (TPSA) is 58.6 Å². The van der Waals surface area contributed by atoms with Crippen LogP contribution >= 0.6 is 0 Å². The smallest absolute Gasteiger partial charge is 0.409 e. The average Bonchev–Trinajstić information content (AvgIpc) is 2.52. The van der Waals surface area contributed by atoms with E-state index in [1.807, 2.05) is 31.2 Å². The molecule has 1 aromatic carbocycles. The first-order valence-electron chi connectivity index (χ1n) is 7.28. The summed E-state index contributed by atoms with van der Waals surface area (Å²) < 4.78 is 4.71. The van der Waals surface area contributed by atoms with Crippen molar-refractivity contribution in [1.82, 2.24) is 10.2 Å². The van der Waals surface area contributed by atoms with Crippen LogP contribution in [0.1, 0.15) is 28.8 Å². The molecule has 1 saturated heterocycles. The van der Waals surface area contributed by atoms with Gasteiger partial charge in [0.05, 0.1) is 7.11 Å². The first-order valence-corrected chi connectivity index (χ1v) is 7.28. The van der Waals surface area contributed by atoms with E-state index in [-0.39, 0.29) is 12.0 Å². The quantitative estimate of drug-likeness (QED) is 0.928. The molecule has 2 rings (SSSR count). The molecule has 5 heteroatoms. The zero-order chi connectivity index (χ0) is 15.2. The Bertz CT molecular complexity index is 508. The first-order chi connectivity index (χ1) is 10.1. The molecule has 1 aromatic rings. The summed E-state index contributed by atoms with van der Waals surface area (Å²) in [5.41, 5.74) is 1.71. The molecule has 21 heavy (non-hydrogen) atoms. The molecule has 0 atom stereocenters. The number of hydrogen-bond acceptors (Lipinski definition) is 3. The van der Waals surface area contributed by atoms with Crippen LogP contribution in [0.15, 0.2) is 24.3 Å². The maximum Gasteiger partial charge on any atom is 0.409 e. The number of nitrogens with zero attached hydrogens (tertiary/aromatic N) is 1. The number of ether oxygens (including phenoxy) is 1. The second-order valence-electron chi connectivity index (χ2n) is 5.43. The minimum absolute atomic E-state index is 0.0245. The zero-order valence-electron chi connectivity index (χ0n) is 12.6. The lowest BCUT2D eigenvalue weighted by molar-refractivity contribution is 0.0913. The van der Waals surface area contributed by atoms with Crippen molar-refractivity contribution in [3.63, 3.8) is 0 Å². The number of nitrogens with one attached hydrogen (secondary N) is 1. The van der Waals surface area contributed by atoms with Gasteiger partial charge in [-0.3, -0.25) is 4.79 Å². The Morgan fingerprint density at radius 3 is 2.57 bits per heavy atom. The number of aryl methyl sites for hydroxylation is 1. The van der Waals surface area contributed by atoms with Crippen LogP contribution in [0, 0.1) is 12.8 Å². The molecule has 1 fully saturated rings. The van der Waals surface area contributed by atoms with Gasteiger partial charge >= 0.3 is 6.09 Å². The number of hydrogen-bond donors (Lipinski definition) is 1. The lowest BCUT2D eigenvalue weighted by Crippen LogP contribution is -2.41. The van der Waals surface area contributed by atoms with Gasteiger partial charge in [0.2, 0.25) is 0 Å². The molecule has 1 heterocycles. The third kappa shape index (κ3) is 3.97. The van der Waals surface area contributed by atoms with Crippen molar-refractivity contribution >= 4 is 12.0 Å². The fourth-order valence-electron chi connectivity index (χ4n) is 2.61. The highest BCUT2D eigenvalue weighted by Gasteiger charge is 2.23. The number of carbonyl (C=O) groups is 2. The van der Waals surface area contributed by atoms with Crippen molar-refractivity contribution in [1.29, 1.82) is 0 Å². The Morgan fingerprint density at radius 2 is 1.95 bits per heavy atom. The van der Waals surface area contributed by atoms with Crippen LogP contribution in [0.3, 0.4) is 0 Å². The lowest BCUT2D eigenvalue weighted by atomic mass is 9.97. The highest BCUT2D eigenvalue weighted by atomic mass is 16.5. The predicted octanol–water partition coefficient (Wildman–Crippen LogP) is 2.20. The third-order valence-corrected chi connectivity index (χ3v) is 3.99. The number of carbonyl (C=O) groups excluding carboxylic acids is 2. The Labute approximate surface area is 125 Å². The Hall–Kier alpha value is -2.04. The van der Waals surface area contributed by atoms with E-state index in [2.05, 4.69) is 5.32 Å². The zero-order valence-corrected chi connectivity index (χ0v) is 12.6. The summed E-state index contributed by atoms with van der Waals surface area (Å²) in [5.74, 6) is 0.391. The van der Waals surface area contributed by atoms with E-state index in [0.717, 1.165) is 24.0 Å². The fraction of sp³-hybridized carbons (Fsp3) is 0.500. The largest absolute Gasteiger partial charge is 0.453 e. The molecule has 1 N–H and O–H groups in total. The summed E-state index contributed by atoms with van der Waals surface area (Å²) in [4.78, 5) is 25.2. The monoisotopic (exact) mass is 290 g/mol. The summed E-state index contributed by atoms with van der Waals surface area (Å²) in [6.45, 7) is 3.97. The molecule has 0 radical (unpaired) electrons. The van der Waals surface area contributed by atoms with Gasteiger partial charge in [-0.05, 0) is 37.3 Å². The highest BCUT2D eigenvalue weighted by Crippen LogP contribution is 2.17. The molecule has 1 aliphatic rings. The molecular formula is C16H22N2O3. The summed E-state index contributed by atoms with van der Waals surface area (Å²) in [7, 11) is 1.40. The van der Waals surface area contributed by atoms with Crippen LogP contribution in [-0.4, -0.2) is 43.6 Å². The average molecular weight is 290 g/mol. The van der Waals surface area contributed by atoms with E-state index in [0.29, 0.717) is 25.6 Å². The van der Waals surface area contributed by atoms with Crippen molar-refractivity contribution in [2.24, 2.45) is 5.92 Å². The van der Waals surface area contributed by atoms with Crippen LogP contribution in [0.4, 0.5) is 4.79 Å². The van der Waals surface area contributed by atoms with Gasteiger partial charge in [-0.2, -0.15) is 0 Å². The number of rotatable bonds is 3. The molecular weight excluding hydrogens is 268 g/mol. The number of methoxy groups -OCH3 is 1. The normalized spacial score (nSPS) is 15.6. The Balaban J connectivity index is 1.79. The molecule has 2 amide bonds. The van der Waals surface area contributed by atoms with Gasteiger partial charge in [-0.1, -0.05) is 18.2 Å². The van der Waals surface area contributed by atoms with Gasteiger partial charge < -0.3 is 15.0 Å². The van der Waals surface area contributed by atoms with E-state index in [9.17, 15) is 9.59 Å². The molecule has 0 aromatic heterocycles. The lowest BCUT2D eigenvalue weighted by Gasteiger charge is -2.30. The third-order valence-electron chi connectivity index (χ3n) is 3.99. The molecule has 1 aliphatic heterocycles. The van der Waals surface area contributed by atoms with Crippen molar-refractivity contribution < 1.29 is 14.3 Å². The number of amides is 2. The first kappa shape index (κ1) is 15.4.